The third kappa shape index (κ3) is 9.11. The van der Waals surface area contributed by atoms with Gasteiger partial charge in [-0.05, 0) is 87.1 Å². The van der Waals surface area contributed by atoms with Gasteiger partial charge in [-0.2, -0.15) is 0 Å². The Morgan fingerprint density at radius 2 is 0.909 bits per heavy atom. The standard InChI is InChI=1S/C49H56F2N8O7/c1-31-7-5-17-56(31)43-15-11-37(58(63)64)29-39(43)48(61)54-23-19-52(20-24-54)45-13-9-35(27-41(45)50)33(3)47(60)34(4)36-10-14-46(42(51)28-36)53-21-25-55(26-22-53)49(62)40-30-38(59(65)66)12-16-44(40)57-18-6-8-32(57)2/h9-16,27-34H,5-8,17-26H2,1-4H3. The fourth-order valence-corrected chi connectivity index (χ4v) is 10.1. The van der Waals surface area contributed by atoms with Gasteiger partial charge in [-0.3, -0.25) is 34.6 Å². The van der Waals surface area contributed by atoms with Crippen molar-refractivity contribution in [2.24, 2.45) is 0 Å². The SMILES string of the molecule is CC(C(=O)C(C)c1ccc(N2CCN(C(=O)c3cc([N+](=O)[O-])ccc3N3CCCC3C)CC2)c(F)c1)c1ccc(N2CCN(C(=O)c3cc([N+](=O)[O-])ccc3N3CCCC3C)CC2)c(F)c1. The number of Topliss-reactive ketones (excluding diaryl/α,β-unsaturated/α-hetero) is 1. The maximum absolute atomic E-state index is 15.8. The number of carbonyl (C=O) groups excluding carboxylic acids is 3. The third-order valence-electron chi connectivity index (χ3n) is 14.2. The summed E-state index contributed by atoms with van der Waals surface area (Å²) in [6, 6.07) is 18.7. The van der Waals surface area contributed by atoms with Crippen LogP contribution in [0.15, 0.2) is 72.8 Å². The van der Waals surface area contributed by atoms with E-state index in [1.807, 2.05) is 9.80 Å². The zero-order valence-corrected chi connectivity index (χ0v) is 37.8. The highest BCUT2D eigenvalue weighted by atomic mass is 19.1. The molecule has 2 amide bonds. The van der Waals surface area contributed by atoms with Crippen LogP contribution in [0.2, 0.25) is 0 Å². The molecule has 4 unspecified atom stereocenters. The minimum atomic E-state index is -0.700. The predicted molar refractivity (Wildman–Crippen MR) is 249 cm³/mol. The molecular weight excluding hydrogens is 851 g/mol. The molecule has 0 N–H and O–H groups in total. The molecule has 4 saturated heterocycles. The summed E-state index contributed by atoms with van der Waals surface area (Å²) in [5.41, 5.74) is 3.30. The van der Waals surface area contributed by atoms with E-state index in [0.29, 0.717) is 71.2 Å². The summed E-state index contributed by atoms with van der Waals surface area (Å²) in [5, 5.41) is 23.3. The molecule has 0 aliphatic carbocycles. The van der Waals surface area contributed by atoms with E-state index in [1.165, 1.54) is 36.4 Å². The van der Waals surface area contributed by atoms with E-state index >= 15 is 8.78 Å². The van der Waals surface area contributed by atoms with Crippen LogP contribution < -0.4 is 19.6 Å². The molecule has 348 valence electrons. The highest BCUT2D eigenvalue weighted by Crippen LogP contribution is 2.36. The van der Waals surface area contributed by atoms with Gasteiger partial charge in [0.25, 0.3) is 23.2 Å². The normalized spacial score (nSPS) is 19.8. The molecule has 0 bridgehead atoms. The number of piperazine rings is 2. The van der Waals surface area contributed by atoms with Crippen molar-refractivity contribution in [1.29, 1.82) is 0 Å². The largest absolute Gasteiger partial charge is 0.368 e. The first-order valence-electron chi connectivity index (χ1n) is 22.9. The van der Waals surface area contributed by atoms with Gasteiger partial charge < -0.3 is 29.4 Å². The van der Waals surface area contributed by atoms with Gasteiger partial charge in [-0.25, -0.2) is 8.78 Å². The number of non-ortho nitro benzene ring substituents is 2. The van der Waals surface area contributed by atoms with Crippen LogP contribution in [-0.4, -0.2) is 115 Å². The van der Waals surface area contributed by atoms with Gasteiger partial charge in [-0.15, -0.1) is 0 Å². The van der Waals surface area contributed by atoms with Gasteiger partial charge in [0.05, 0.1) is 43.7 Å². The fourth-order valence-electron chi connectivity index (χ4n) is 10.1. The van der Waals surface area contributed by atoms with Crippen molar-refractivity contribution >= 4 is 51.7 Å². The van der Waals surface area contributed by atoms with E-state index < -0.39 is 33.3 Å². The van der Waals surface area contributed by atoms with E-state index in [0.717, 1.165) is 38.8 Å². The lowest BCUT2D eigenvalue weighted by atomic mass is 9.85. The highest BCUT2D eigenvalue weighted by Gasteiger charge is 2.34. The van der Waals surface area contributed by atoms with Crippen LogP contribution in [0.4, 0.5) is 42.9 Å². The van der Waals surface area contributed by atoms with Crippen LogP contribution in [0.25, 0.3) is 0 Å². The van der Waals surface area contributed by atoms with Crippen molar-refractivity contribution in [2.45, 2.75) is 77.3 Å². The molecule has 0 radical (unpaired) electrons. The van der Waals surface area contributed by atoms with Crippen LogP contribution >= 0.6 is 0 Å². The molecule has 15 nitrogen and oxygen atoms in total. The lowest BCUT2D eigenvalue weighted by Gasteiger charge is -2.37. The number of anilines is 4. The molecule has 66 heavy (non-hydrogen) atoms. The molecule has 4 aromatic rings. The van der Waals surface area contributed by atoms with E-state index in [4.69, 9.17) is 0 Å². The average molecular weight is 907 g/mol. The Balaban J connectivity index is 0.873. The Kier molecular flexibility index (Phi) is 13.3. The number of nitro groups is 2. The first kappa shape index (κ1) is 45.9. The number of carbonyl (C=O) groups is 3. The number of nitrogens with zero attached hydrogens (tertiary/aromatic N) is 8. The monoisotopic (exact) mass is 906 g/mol. The highest BCUT2D eigenvalue weighted by molar-refractivity contribution is 6.01. The minimum absolute atomic E-state index is 0.149. The van der Waals surface area contributed by atoms with Crippen molar-refractivity contribution in [1.82, 2.24) is 9.80 Å². The molecule has 0 saturated carbocycles. The second-order valence-corrected chi connectivity index (χ2v) is 18.1. The van der Waals surface area contributed by atoms with Crippen LogP contribution in [0.3, 0.4) is 0 Å². The predicted octanol–water partition coefficient (Wildman–Crippen LogP) is 8.16. The van der Waals surface area contributed by atoms with Gasteiger partial charge >= 0.3 is 0 Å². The Bertz CT molecular complexity index is 2370. The minimum Gasteiger partial charge on any atom is -0.368 e. The Hall–Kier alpha value is -6.65. The Labute approximate surface area is 382 Å². The summed E-state index contributed by atoms with van der Waals surface area (Å²) < 4.78 is 31.7. The lowest BCUT2D eigenvalue weighted by Crippen LogP contribution is -2.49. The summed E-state index contributed by atoms with van der Waals surface area (Å²) in [6.07, 6.45) is 3.88. The van der Waals surface area contributed by atoms with Crippen molar-refractivity contribution in [3.05, 3.63) is 127 Å². The van der Waals surface area contributed by atoms with E-state index in [2.05, 4.69) is 23.6 Å². The number of rotatable bonds is 12. The van der Waals surface area contributed by atoms with Crippen molar-refractivity contribution in [3.8, 4) is 0 Å². The molecule has 8 rings (SSSR count). The molecule has 4 fully saturated rings. The first-order chi connectivity index (χ1) is 31.6. The zero-order valence-electron chi connectivity index (χ0n) is 37.8. The molecule has 4 aromatic carbocycles. The van der Waals surface area contributed by atoms with E-state index in [9.17, 15) is 34.6 Å². The number of hydrogen-bond donors (Lipinski definition) is 0. The molecule has 4 aliphatic heterocycles. The summed E-state index contributed by atoms with van der Waals surface area (Å²) in [6.45, 7) is 11.6. The fraction of sp³-hybridized carbons (Fsp3) is 0.449. The number of hydrogen-bond acceptors (Lipinski definition) is 11. The van der Waals surface area contributed by atoms with Gasteiger partial charge in [0.1, 0.15) is 17.4 Å². The summed E-state index contributed by atoms with van der Waals surface area (Å²) in [7, 11) is 0. The molecule has 17 heteroatoms. The van der Waals surface area contributed by atoms with E-state index in [1.54, 1.807) is 60.0 Å². The number of nitro benzene ring substituents is 2. The first-order valence-corrected chi connectivity index (χ1v) is 22.9. The molecule has 4 aliphatic rings. The number of halogens is 2. The lowest BCUT2D eigenvalue weighted by molar-refractivity contribution is -0.385. The second kappa shape index (κ2) is 19.1. The summed E-state index contributed by atoms with van der Waals surface area (Å²) in [5.74, 6) is -3.22. The van der Waals surface area contributed by atoms with Crippen molar-refractivity contribution in [3.63, 3.8) is 0 Å². The zero-order chi connectivity index (χ0) is 47.0. The van der Waals surface area contributed by atoms with Crippen LogP contribution in [0, 0.1) is 31.9 Å². The molecule has 4 heterocycles. The van der Waals surface area contributed by atoms with Gasteiger partial charge in [-0.1, -0.05) is 26.0 Å². The van der Waals surface area contributed by atoms with Crippen LogP contribution in [0.5, 0.6) is 0 Å². The quantitative estimate of drug-likeness (QED) is 0.0999. The smallest absolute Gasteiger partial charge is 0.270 e. The Morgan fingerprint density at radius 1 is 0.545 bits per heavy atom. The summed E-state index contributed by atoms with van der Waals surface area (Å²) in [4.78, 5) is 75.1. The summed E-state index contributed by atoms with van der Waals surface area (Å²) >= 11 is 0. The third-order valence-corrected chi connectivity index (χ3v) is 14.2. The number of amides is 2. The van der Waals surface area contributed by atoms with Crippen molar-refractivity contribution in [2.75, 3.05) is 85.0 Å². The van der Waals surface area contributed by atoms with E-state index in [-0.39, 0.29) is 67.2 Å². The maximum atomic E-state index is 15.8. The average Bonchev–Trinajstić information content (AvgIpc) is 3.96. The number of ketones is 1. The van der Waals surface area contributed by atoms with Crippen LogP contribution in [-0.2, 0) is 4.79 Å². The Morgan fingerprint density at radius 3 is 1.23 bits per heavy atom. The van der Waals surface area contributed by atoms with Crippen LogP contribution in [0.1, 0.15) is 97.1 Å². The molecule has 4 atom stereocenters. The van der Waals surface area contributed by atoms with Gasteiger partial charge in [0.2, 0.25) is 0 Å². The number of benzene rings is 4. The molecular formula is C49H56F2N8O7. The maximum Gasteiger partial charge on any atom is 0.270 e. The second-order valence-electron chi connectivity index (χ2n) is 18.1. The van der Waals surface area contributed by atoms with Gasteiger partial charge in [0, 0.05) is 114 Å². The molecule has 0 spiro atoms. The van der Waals surface area contributed by atoms with Gasteiger partial charge in [0.15, 0.2) is 0 Å². The molecule has 0 aromatic heterocycles. The van der Waals surface area contributed by atoms with Crippen molar-refractivity contribution < 1.29 is 33.0 Å². The topological polar surface area (TPSA) is 157 Å².